The van der Waals surface area contributed by atoms with Crippen LogP contribution in [-0.4, -0.2) is 6.21 Å². The van der Waals surface area contributed by atoms with Gasteiger partial charge >= 0.3 is 0 Å². The van der Waals surface area contributed by atoms with E-state index >= 15 is 0 Å². The largest absolute Gasteiger partial charge is 0.373 e. The molecule has 0 radical (unpaired) electrons. The summed E-state index contributed by atoms with van der Waals surface area (Å²) in [4.78, 5) is 4.44. The molecule has 0 fully saturated rings. The van der Waals surface area contributed by atoms with E-state index in [4.69, 9.17) is 0 Å². The fourth-order valence-electron chi connectivity index (χ4n) is 0.209. The number of halogens is 1. The number of hydrogen-bond acceptors (Lipinski definition) is 3. The molecule has 40 valence electrons. The molecule has 1 rings (SSSR count). The number of hydrazone groups is 1. The van der Waals surface area contributed by atoms with Gasteiger partial charge in [0.1, 0.15) is 6.26 Å². The Morgan fingerprint density at radius 2 is 2.43 bits per heavy atom. The number of hydrogen-bond donors (Lipinski definition) is 1. The van der Waals surface area contributed by atoms with Crippen LogP contribution in [0.3, 0.4) is 0 Å². The topological polar surface area (TPSA) is 33.6 Å². The maximum atomic E-state index is 4.44. The van der Waals surface area contributed by atoms with E-state index < -0.39 is 0 Å². The molecule has 0 bridgehead atoms. The van der Waals surface area contributed by atoms with E-state index in [1.54, 1.807) is 12.3 Å². The molecule has 1 heterocycles. The number of nitrogens with zero attached hydrogens (tertiary/aromatic N) is 1. The fourth-order valence-corrected chi connectivity index (χ4v) is 0.209. The first-order valence-electron chi connectivity index (χ1n) is 1.59. The molecular formula is C3H5ClN2O. The van der Waals surface area contributed by atoms with Gasteiger partial charge in [0.25, 0.3) is 0 Å². The van der Waals surface area contributed by atoms with Gasteiger partial charge in [-0.2, -0.15) is 5.10 Å². The predicted molar refractivity (Wildman–Crippen MR) is 29.1 cm³/mol. The van der Waals surface area contributed by atoms with Crippen LogP contribution in [0.5, 0.6) is 0 Å². The average molecular weight is 121 g/mol. The van der Waals surface area contributed by atoms with E-state index in [0.29, 0.717) is 0 Å². The lowest BCUT2D eigenvalue weighted by Crippen LogP contribution is -2.03. The zero-order valence-electron chi connectivity index (χ0n) is 3.50. The highest BCUT2D eigenvalue weighted by Crippen LogP contribution is 1.74. The van der Waals surface area contributed by atoms with Crippen LogP contribution in [0, 0.1) is 0 Å². The van der Waals surface area contributed by atoms with E-state index in [-0.39, 0.29) is 12.4 Å². The molecule has 1 aliphatic rings. The molecule has 4 heteroatoms. The van der Waals surface area contributed by atoms with Crippen molar-refractivity contribution >= 4 is 18.6 Å². The molecule has 0 aromatic heterocycles. The van der Waals surface area contributed by atoms with Crippen molar-refractivity contribution in [2.45, 2.75) is 0 Å². The van der Waals surface area contributed by atoms with E-state index in [1.165, 1.54) is 6.26 Å². The van der Waals surface area contributed by atoms with Crippen molar-refractivity contribution in [2.75, 3.05) is 0 Å². The SMILES string of the molecule is C1=CONN=C1.Cl. The highest BCUT2D eigenvalue weighted by molar-refractivity contribution is 5.85. The first-order chi connectivity index (χ1) is 3.00. The van der Waals surface area contributed by atoms with Gasteiger partial charge in [0.15, 0.2) is 0 Å². The van der Waals surface area contributed by atoms with Gasteiger partial charge in [-0.1, -0.05) is 0 Å². The Kier molecular flexibility index (Phi) is 3.14. The predicted octanol–water partition coefficient (Wildman–Crippen LogP) is 0.442. The van der Waals surface area contributed by atoms with Gasteiger partial charge < -0.3 is 4.84 Å². The van der Waals surface area contributed by atoms with Crippen molar-refractivity contribution in [2.24, 2.45) is 5.10 Å². The summed E-state index contributed by atoms with van der Waals surface area (Å²) < 4.78 is 0. The van der Waals surface area contributed by atoms with Crippen LogP contribution in [-0.2, 0) is 4.84 Å². The molecular weight excluding hydrogens is 115 g/mol. The first-order valence-corrected chi connectivity index (χ1v) is 1.59. The molecule has 0 spiro atoms. The molecule has 0 saturated carbocycles. The van der Waals surface area contributed by atoms with Gasteiger partial charge in [-0.25, -0.2) is 0 Å². The lowest BCUT2D eigenvalue weighted by molar-refractivity contribution is 0.136. The molecule has 1 aliphatic heterocycles. The summed E-state index contributed by atoms with van der Waals surface area (Å²) in [5.74, 6) is 0. The maximum Gasteiger partial charge on any atom is 0.122 e. The third-order valence-corrected chi connectivity index (χ3v) is 0.413. The van der Waals surface area contributed by atoms with Crippen LogP contribution in [0.2, 0.25) is 0 Å². The van der Waals surface area contributed by atoms with E-state index in [2.05, 4.69) is 15.5 Å². The summed E-state index contributed by atoms with van der Waals surface area (Å²) in [5.41, 5.74) is 2.27. The zero-order chi connectivity index (χ0) is 4.24. The minimum absolute atomic E-state index is 0. The molecule has 0 aliphatic carbocycles. The quantitative estimate of drug-likeness (QED) is 0.503. The second kappa shape index (κ2) is 3.49. The average Bonchev–Trinajstić information content (AvgIpc) is 1.72. The Morgan fingerprint density at radius 3 is 2.57 bits per heavy atom. The molecule has 7 heavy (non-hydrogen) atoms. The van der Waals surface area contributed by atoms with Gasteiger partial charge in [-0.05, 0) is 6.08 Å². The molecule has 0 amide bonds. The zero-order valence-corrected chi connectivity index (χ0v) is 4.31. The van der Waals surface area contributed by atoms with E-state index in [9.17, 15) is 0 Å². The van der Waals surface area contributed by atoms with Crippen LogP contribution >= 0.6 is 12.4 Å². The third-order valence-electron chi connectivity index (χ3n) is 0.413. The molecule has 0 saturated heterocycles. The van der Waals surface area contributed by atoms with Crippen LogP contribution in [0.25, 0.3) is 0 Å². The molecule has 1 N–H and O–H groups in total. The summed E-state index contributed by atoms with van der Waals surface area (Å²) in [6.45, 7) is 0. The summed E-state index contributed by atoms with van der Waals surface area (Å²) in [6.07, 6.45) is 4.80. The lowest BCUT2D eigenvalue weighted by Gasteiger charge is -1.96. The van der Waals surface area contributed by atoms with Crippen molar-refractivity contribution in [3.05, 3.63) is 12.3 Å². The molecule has 0 atom stereocenters. The Bertz CT molecular complexity index is 78.9. The minimum Gasteiger partial charge on any atom is -0.373 e. The number of rotatable bonds is 0. The molecule has 3 nitrogen and oxygen atoms in total. The number of allylic oxidation sites excluding steroid dienone is 1. The van der Waals surface area contributed by atoms with Crippen LogP contribution in [0.15, 0.2) is 17.4 Å². The van der Waals surface area contributed by atoms with Gasteiger partial charge in [0.2, 0.25) is 0 Å². The summed E-state index contributed by atoms with van der Waals surface area (Å²) in [5, 5.41) is 3.49. The minimum atomic E-state index is 0. The van der Waals surface area contributed by atoms with Crippen molar-refractivity contribution < 1.29 is 4.84 Å². The van der Waals surface area contributed by atoms with E-state index in [1.807, 2.05) is 0 Å². The highest BCUT2D eigenvalue weighted by Gasteiger charge is 1.73. The normalized spacial score (nSPS) is 13.7. The lowest BCUT2D eigenvalue weighted by atomic mass is 10.7. The fraction of sp³-hybridized carbons (Fsp3) is 0. The summed E-state index contributed by atoms with van der Waals surface area (Å²) in [6, 6.07) is 0. The van der Waals surface area contributed by atoms with Gasteiger partial charge in [-0.3, -0.25) is 0 Å². The Labute approximate surface area is 47.4 Å². The van der Waals surface area contributed by atoms with Gasteiger partial charge in [-0.15, -0.1) is 18.0 Å². The van der Waals surface area contributed by atoms with Crippen LogP contribution < -0.4 is 5.59 Å². The van der Waals surface area contributed by atoms with E-state index in [0.717, 1.165) is 0 Å². The van der Waals surface area contributed by atoms with Crippen LogP contribution in [0.1, 0.15) is 0 Å². The summed E-state index contributed by atoms with van der Waals surface area (Å²) >= 11 is 0. The van der Waals surface area contributed by atoms with Crippen molar-refractivity contribution in [3.8, 4) is 0 Å². The Balaban J connectivity index is 0.000000360. The third kappa shape index (κ3) is 2.05. The van der Waals surface area contributed by atoms with Crippen molar-refractivity contribution in [1.82, 2.24) is 5.59 Å². The monoisotopic (exact) mass is 120 g/mol. The van der Waals surface area contributed by atoms with Crippen LogP contribution in [0.4, 0.5) is 0 Å². The van der Waals surface area contributed by atoms with Gasteiger partial charge in [0.05, 0.1) is 6.21 Å². The standard InChI is InChI=1S/C3H4N2O.ClH/c1-2-4-5-6-3-1;/h1-3,5H;1H. The Morgan fingerprint density at radius 1 is 1.57 bits per heavy atom. The van der Waals surface area contributed by atoms with Crippen molar-refractivity contribution in [1.29, 1.82) is 0 Å². The first kappa shape index (κ1) is 6.30. The van der Waals surface area contributed by atoms with Gasteiger partial charge in [0, 0.05) is 0 Å². The molecule has 0 unspecified atom stereocenters. The smallest absolute Gasteiger partial charge is 0.122 e. The van der Waals surface area contributed by atoms with Crippen molar-refractivity contribution in [3.63, 3.8) is 0 Å². The number of nitrogens with one attached hydrogen (secondary N) is 1. The Hall–Kier alpha value is -0.700. The highest BCUT2D eigenvalue weighted by atomic mass is 35.5. The second-order valence-electron chi connectivity index (χ2n) is 0.816. The second-order valence-corrected chi connectivity index (χ2v) is 0.816. The summed E-state index contributed by atoms with van der Waals surface area (Å²) in [7, 11) is 0. The molecule has 0 aromatic carbocycles. The molecule has 0 aromatic rings. The maximum absolute atomic E-state index is 4.44.